The fraction of sp³-hybridized carbons (Fsp3) is 0.533. The zero-order valence-corrected chi connectivity index (χ0v) is 11.5. The van der Waals surface area contributed by atoms with Crippen molar-refractivity contribution in [1.82, 2.24) is 5.32 Å². The van der Waals surface area contributed by atoms with Crippen molar-refractivity contribution in [2.45, 2.75) is 44.8 Å². The summed E-state index contributed by atoms with van der Waals surface area (Å²) in [5.74, 6) is 0.418. The lowest BCUT2D eigenvalue weighted by Gasteiger charge is -2.14. The summed E-state index contributed by atoms with van der Waals surface area (Å²) in [5.41, 5.74) is 2.06. The van der Waals surface area contributed by atoms with Crippen molar-refractivity contribution in [1.29, 1.82) is 0 Å². The van der Waals surface area contributed by atoms with Gasteiger partial charge in [0.25, 0.3) is 0 Å². The van der Waals surface area contributed by atoms with Gasteiger partial charge in [0.15, 0.2) is 0 Å². The Labute approximate surface area is 114 Å². The van der Waals surface area contributed by atoms with Crippen LogP contribution in [-0.2, 0) is 4.79 Å². The van der Waals surface area contributed by atoms with Crippen LogP contribution in [0.4, 0.5) is 5.69 Å². The molecule has 0 bridgehead atoms. The number of carbonyl (C=O) groups is 1. The fourth-order valence-corrected chi connectivity index (χ4v) is 2.30. The first-order valence-electron chi connectivity index (χ1n) is 6.92. The van der Waals surface area contributed by atoms with Crippen LogP contribution in [-0.4, -0.2) is 29.7 Å². The number of carbonyl (C=O) groups excluding carboxylic acids is 1. The molecule has 1 amide bonds. The molecule has 0 spiro atoms. The Kier molecular flexibility index (Phi) is 4.56. The molecule has 104 valence electrons. The fourth-order valence-electron chi connectivity index (χ4n) is 2.30. The molecule has 1 unspecified atom stereocenters. The van der Waals surface area contributed by atoms with Crippen molar-refractivity contribution in [3.8, 4) is 0 Å². The predicted molar refractivity (Wildman–Crippen MR) is 76.2 cm³/mol. The molecule has 3 atom stereocenters. The van der Waals surface area contributed by atoms with Crippen molar-refractivity contribution in [3.05, 3.63) is 29.8 Å². The molecule has 1 aromatic carbocycles. The topological polar surface area (TPSA) is 61.4 Å². The van der Waals surface area contributed by atoms with Gasteiger partial charge in [-0.3, -0.25) is 4.79 Å². The minimum atomic E-state index is -0.415. The number of rotatable bonds is 4. The van der Waals surface area contributed by atoms with E-state index in [0.29, 0.717) is 18.9 Å². The summed E-state index contributed by atoms with van der Waals surface area (Å²) in [6.07, 6.45) is 1.15. The highest BCUT2D eigenvalue weighted by Crippen LogP contribution is 2.22. The summed E-state index contributed by atoms with van der Waals surface area (Å²) in [7, 11) is 0. The molecule has 4 heteroatoms. The van der Waals surface area contributed by atoms with E-state index in [-0.39, 0.29) is 11.9 Å². The van der Waals surface area contributed by atoms with Crippen molar-refractivity contribution in [2.75, 3.05) is 11.9 Å². The van der Waals surface area contributed by atoms with Crippen LogP contribution in [0, 0.1) is 0 Å². The Morgan fingerprint density at radius 2 is 2.37 bits per heavy atom. The van der Waals surface area contributed by atoms with Gasteiger partial charge >= 0.3 is 0 Å². The van der Waals surface area contributed by atoms with Gasteiger partial charge in [0, 0.05) is 12.2 Å². The zero-order chi connectivity index (χ0) is 13.8. The minimum absolute atomic E-state index is 0.0714. The average molecular weight is 262 g/mol. The average Bonchev–Trinajstić information content (AvgIpc) is 2.85. The highest BCUT2D eigenvalue weighted by Gasteiger charge is 2.27. The van der Waals surface area contributed by atoms with Crippen LogP contribution in [0.2, 0.25) is 0 Å². The third-order valence-electron chi connectivity index (χ3n) is 3.76. The second kappa shape index (κ2) is 6.17. The lowest BCUT2D eigenvalue weighted by Crippen LogP contribution is -2.35. The zero-order valence-electron chi connectivity index (χ0n) is 11.5. The minimum Gasteiger partial charge on any atom is -0.392 e. The van der Waals surface area contributed by atoms with Crippen LogP contribution < -0.4 is 10.6 Å². The SMILES string of the molecule is CCC(C)c1cccc(NC(=O)[C@H]2C[C@@H](O)CN2)c1. The summed E-state index contributed by atoms with van der Waals surface area (Å²) in [5, 5.41) is 15.3. The van der Waals surface area contributed by atoms with Gasteiger partial charge in [-0.15, -0.1) is 0 Å². The van der Waals surface area contributed by atoms with Crippen LogP contribution in [0.3, 0.4) is 0 Å². The van der Waals surface area contributed by atoms with Gasteiger partial charge < -0.3 is 15.7 Å². The molecule has 1 heterocycles. The molecule has 3 N–H and O–H groups in total. The molecule has 0 saturated carbocycles. The molecule has 19 heavy (non-hydrogen) atoms. The van der Waals surface area contributed by atoms with Crippen molar-refractivity contribution < 1.29 is 9.90 Å². The van der Waals surface area contributed by atoms with Gasteiger partial charge in [0.05, 0.1) is 12.1 Å². The molecule has 0 aromatic heterocycles. The Morgan fingerprint density at radius 3 is 3.00 bits per heavy atom. The third-order valence-corrected chi connectivity index (χ3v) is 3.76. The molecule has 0 radical (unpaired) electrons. The van der Waals surface area contributed by atoms with Gasteiger partial charge in [-0.25, -0.2) is 0 Å². The molecule has 1 fully saturated rings. The number of anilines is 1. The first-order valence-corrected chi connectivity index (χ1v) is 6.92. The van der Waals surface area contributed by atoms with Crippen molar-refractivity contribution >= 4 is 11.6 Å². The van der Waals surface area contributed by atoms with E-state index < -0.39 is 6.10 Å². The van der Waals surface area contributed by atoms with Crippen LogP contribution >= 0.6 is 0 Å². The Bertz CT molecular complexity index is 448. The number of benzene rings is 1. The normalized spacial score (nSPS) is 24.2. The molecule has 1 saturated heterocycles. The van der Waals surface area contributed by atoms with Crippen LogP contribution in [0.1, 0.15) is 38.2 Å². The molecule has 0 aliphatic carbocycles. The van der Waals surface area contributed by atoms with Crippen LogP contribution in [0.25, 0.3) is 0 Å². The van der Waals surface area contributed by atoms with Crippen molar-refractivity contribution in [2.24, 2.45) is 0 Å². The number of aliphatic hydroxyl groups excluding tert-OH is 1. The monoisotopic (exact) mass is 262 g/mol. The lowest BCUT2D eigenvalue weighted by atomic mass is 9.98. The van der Waals surface area contributed by atoms with Gasteiger partial charge in [-0.2, -0.15) is 0 Å². The first kappa shape index (κ1) is 14.0. The Morgan fingerprint density at radius 1 is 1.58 bits per heavy atom. The van der Waals surface area contributed by atoms with E-state index >= 15 is 0 Å². The van der Waals surface area contributed by atoms with Crippen LogP contribution in [0.5, 0.6) is 0 Å². The Balaban J connectivity index is 2.00. The van der Waals surface area contributed by atoms with E-state index in [0.717, 1.165) is 12.1 Å². The maximum atomic E-state index is 12.0. The largest absolute Gasteiger partial charge is 0.392 e. The van der Waals surface area contributed by atoms with Gasteiger partial charge in [-0.05, 0) is 36.5 Å². The molecular weight excluding hydrogens is 240 g/mol. The third kappa shape index (κ3) is 3.55. The van der Waals surface area contributed by atoms with E-state index in [4.69, 9.17) is 0 Å². The second-order valence-electron chi connectivity index (χ2n) is 5.27. The predicted octanol–water partition coefficient (Wildman–Crippen LogP) is 1.86. The highest BCUT2D eigenvalue weighted by molar-refractivity contribution is 5.95. The summed E-state index contributed by atoms with van der Waals surface area (Å²) >= 11 is 0. The second-order valence-corrected chi connectivity index (χ2v) is 5.27. The standard InChI is InChI=1S/C15H22N2O2/c1-3-10(2)11-5-4-6-12(7-11)17-15(19)14-8-13(18)9-16-14/h4-7,10,13-14,16,18H,3,8-9H2,1-2H3,(H,17,19)/t10?,13-,14-/m1/s1. The molecule has 1 aliphatic heterocycles. The number of nitrogens with one attached hydrogen (secondary N) is 2. The van der Waals surface area contributed by atoms with Crippen molar-refractivity contribution in [3.63, 3.8) is 0 Å². The molecule has 2 rings (SSSR count). The van der Waals surface area contributed by atoms with E-state index in [1.807, 2.05) is 18.2 Å². The summed E-state index contributed by atoms with van der Waals surface area (Å²) in [6.45, 7) is 4.82. The summed E-state index contributed by atoms with van der Waals surface area (Å²) in [4.78, 5) is 12.0. The van der Waals surface area contributed by atoms with Gasteiger partial charge in [0.2, 0.25) is 5.91 Å². The number of amides is 1. The van der Waals surface area contributed by atoms with E-state index in [2.05, 4.69) is 30.5 Å². The quantitative estimate of drug-likeness (QED) is 0.776. The first-order chi connectivity index (χ1) is 9.10. The van der Waals surface area contributed by atoms with Gasteiger partial charge in [-0.1, -0.05) is 26.0 Å². The van der Waals surface area contributed by atoms with E-state index in [1.54, 1.807) is 0 Å². The number of hydrogen-bond acceptors (Lipinski definition) is 3. The number of β-amino-alcohol motifs (C(OH)–C–C–N with tert-alkyl or cyclic N) is 1. The number of aliphatic hydroxyl groups is 1. The van der Waals surface area contributed by atoms with Crippen LogP contribution in [0.15, 0.2) is 24.3 Å². The maximum absolute atomic E-state index is 12.0. The lowest BCUT2D eigenvalue weighted by molar-refractivity contribution is -0.117. The molecule has 4 nitrogen and oxygen atoms in total. The highest BCUT2D eigenvalue weighted by atomic mass is 16.3. The molecule has 1 aromatic rings. The van der Waals surface area contributed by atoms with E-state index in [1.165, 1.54) is 5.56 Å². The molecule has 1 aliphatic rings. The molecular formula is C15H22N2O2. The Hall–Kier alpha value is -1.39. The van der Waals surface area contributed by atoms with Gasteiger partial charge in [0.1, 0.15) is 0 Å². The number of hydrogen-bond donors (Lipinski definition) is 3. The summed E-state index contributed by atoms with van der Waals surface area (Å²) in [6, 6.07) is 7.68. The smallest absolute Gasteiger partial charge is 0.241 e. The van der Waals surface area contributed by atoms with E-state index in [9.17, 15) is 9.90 Å². The maximum Gasteiger partial charge on any atom is 0.241 e. The summed E-state index contributed by atoms with van der Waals surface area (Å²) < 4.78 is 0.